The summed E-state index contributed by atoms with van der Waals surface area (Å²) in [6.45, 7) is 13.7. The Hall–Kier alpha value is -0.870. The number of aromatic nitrogens is 2. The van der Waals surface area contributed by atoms with E-state index in [1.165, 1.54) is 31.5 Å². The Labute approximate surface area is 123 Å². The van der Waals surface area contributed by atoms with Crippen molar-refractivity contribution in [2.45, 2.75) is 52.0 Å². The number of piperidine rings is 1. The van der Waals surface area contributed by atoms with E-state index in [1.54, 1.807) is 0 Å². The Bertz CT molecular complexity index is 389. The summed E-state index contributed by atoms with van der Waals surface area (Å²) in [7, 11) is 0. The van der Waals surface area contributed by atoms with Crippen molar-refractivity contribution < 1.29 is 0 Å². The van der Waals surface area contributed by atoms with Crippen LogP contribution in [0.15, 0.2) is 12.5 Å². The van der Waals surface area contributed by atoms with E-state index in [0.717, 1.165) is 32.7 Å². The highest BCUT2D eigenvalue weighted by Crippen LogP contribution is 2.32. The van der Waals surface area contributed by atoms with Gasteiger partial charge in [0.05, 0.1) is 6.33 Å². The van der Waals surface area contributed by atoms with Gasteiger partial charge in [-0.05, 0) is 52.0 Å². The zero-order chi connectivity index (χ0) is 14.4. The average Bonchev–Trinajstić information content (AvgIpc) is 2.94. The van der Waals surface area contributed by atoms with Crippen LogP contribution in [0.1, 0.15) is 45.7 Å². The van der Waals surface area contributed by atoms with Crippen LogP contribution in [0.2, 0.25) is 0 Å². The molecule has 0 saturated carbocycles. The molecular formula is C16H30N4. The minimum absolute atomic E-state index is 0.303. The van der Waals surface area contributed by atoms with Gasteiger partial charge in [0.2, 0.25) is 0 Å². The molecule has 0 unspecified atom stereocenters. The fourth-order valence-electron chi connectivity index (χ4n) is 3.24. The van der Waals surface area contributed by atoms with Crippen molar-refractivity contribution in [2.24, 2.45) is 0 Å². The van der Waals surface area contributed by atoms with Gasteiger partial charge in [-0.15, -0.1) is 0 Å². The molecule has 1 aromatic rings. The third-order valence-corrected chi connectivity index (χ3v) is 4.81. The van der Waals surface area contributed by atoms with E-state index in [4.69, 9.17) is 0 Å². The number of hydrogen-bond donors (Lipinski definition) is 1. The number of rotatable bonds is 7. The van der Waals surface area contributed by atoms with Crippen LogP contribution in [-0.4, -0.2) is 47.2 Å². The Kier molecular flexibility index (Phi) is 5.61. The summed E-state index contributed by atoms with van der Waals surface area (Å²) in [6.07, 6.45) is 7.75. The van der Waals surface area contributed by atoms with E-state index in [2.05, 4.69) is 46.7 Å². The van der Waals surface area contributed by atoms with Crippen molar-refractivity contribution in [3.63, 3.8) is 0 Å². The van der Waals surface area contributed by atoms with E-state index >= 15 is 0 Å². The van der Waals surface area contributed by atoms with Crippen LogP contribution in [0, 0.1) is 0 Å². The van der Waals surface area contributed by atoms with Crippen LogP contribution in [0.4, 0.5) is 0 Å². The van der Waals surface area contributed by atoms with Crippen LogP contribution < -0.4 is 5.32 Å². The van der Waals surface area contributed by atoms with Gasteiger partial charge < -0.3 is 14.8 Å². The first kappa shape index (κ1) is 15.5. The highest BCUT2D eigenvalue weighted by molar-refractivity contribution is 5.15. The van der Waals surface area contributed by atoms with E-state index < -0.39 is 0 Å². The number of aryl methyl sites for hydroxylation is 1. The Morgan fingerprint density at radius 3 is 2.65 bits per heavy atom. The van der Waals surface area contributed by atoms with E-state index in [-0.39, 0.29) is 0 Å². The average molecular weight is 278 g/mol. The molecule has 4 heteroatoms. The maximum absolute atomic E-state index is 4.41. The van der Waals surface area contributed by atoms with Crippen molar-refractivity contribution in [1.29, 1.82) is 0 Å². The van der Waals surface area contributed by atoms with E-state index in [1.807, 2.05) is 6.33 Å². The van der Waals surface area contributed by atoms with E-state index in [0.29, 0.717) is 5.41 Å². The Morgan fingerprint density at radius 1 is 1.30 bits per heavy atom. The van der Waals surface area contributed by atoms with Gasteiger partial charge in [-0.2, -0.15) is 0 Å². The van der Waals surface area contributed by atoms with Crippen LogP contribution in [-0.2, 0) is 12.0 Å². The molecule has 0 radical (unpaired) electrons. The molecule has 0 amide bonds. The van der Waals surface area contributed by atoms with Gasteiger partial charge in [-0.25, -0.2) is 4.98 Å². The molecule has 1 N–H and O–H groups in total. The maximum Gasteiger partial charge on any atom is 0.0948 e. The van der Waals surface area contributed by atoms with Crippen molar-refractivity contribution in [2.75, 3.05) is 32.7 Å². The van der Waals surface area contributed by atoms with Gasteiger partial charge in [0, 0.05) is 23.9 Å². The van der Waals surface area contributed by atoms with Gasteiger partial charge in [0.1, 0.15) is 0 Å². The Balaban J connectivity index is 1.94. The molecule has 4 nitrogen and oxygen atoms in total. The molecule has 1 aliphatic heterocycles. The Morgan fingerprint density at radius 2 is 2.00 bits per heavy atom. The molecule has 1 aromatic heterocycles. The molecule has 0 aromatic carbocycles. The standard InChI is InChI=1S/C16H30N4/c1-4-19(5-2)11-6-12-20-14-18-13-15(20)16(3)7-9-17-10-8-16/h13-14,17H,4-12H2,1-3H3. The van der Waals surface area contributed by atoms with Crippen LogP contribution in [0.3, 0.4) is 0 Å². The first-order valence-corrected chi connectivity index (χ1v) is 8.13. The zero-order valence-corrected chi connectivity index (χ0v) is 13.4. The molecule has 0 bridgehead atoms. The summed E-state index contributed by atoms with van der Waals surface area (Å²) in [4.78, 5) is 6.90. The topological polar surface area (TPSA) is 33.1 Å². The minimum Gasteiger partial charge on any atom is -0.334 e. The third kappa shape index (κ3) is 3.61. The molecule has 0 atom stereocenters. The van der Waals surface area contributed by atoms with Crippen LogP contribution >= 0.6 is 0 Å². The smallest absolute Gasteiger partial charge is 0.0948 e. The van der Waals surface area contributed by atoms with Gasteiger partial charge in [0.15, 0.2) is 0 Å². The van der Waals surface area contributed by atoms with E-state index in [9.17, 15) is 0 Å². The van der Waals surface area contributed by atoms with Gasteiger partial charge in [-0.3, -0.25) is 0 Å². The second-order valence-corrected chi connectivity index (χ2v) is 6.16. The van der Waals surface area contributed by atoms with Crippen molar-refractivity contribution >= 4 is 0 Å². The van der Waals surface area contributed by atoms with Crippen molar-refractivity contribution in [3.05, 3.63) is 18.2 Å². The van der Waals surface area contributed by atoms with Gasteiger partial charge in [0.25, 0.3) is 0 Å². The highest BCUT2D eigenvalue weighted by Gasteiger charge is 2.31. The van der Waals surface area contributed by atoms with Gasteiger partial charge in [-0.1, -0.05) is 20.8 Å². The summed E-state index contributed by atoms with van der Waals surface area (Å²) >= 11 is 0. The predicted molar refractivity (Wildman–Crippen MR) is 84.1 cm³/mol. The molecule has 2 heterocycles. The normalized spacial score (nSPS) is 18.6. The molecule has 0 spiro atoms. The van der Waals surface area contributed by atoms with Crippen molar-refractivity contribution in [1.82, 2.24) is 19.8 Å². The summed E-state index contributed by atoms with van der Waals surface area (Å²) in [5, 5.41) is 3.46. The molecule has 1 fully saturated rings. The molecule has 20 heavy (non-hydrogen) atoms. The SMILES string of the molecule is CCN(CC)CCCn1cncc1C1(C)CCNCC1. The molecule has 1 aliphatic rings. The van der Waals surface area contributed by atoms with Crippen molar-refractivity contribution in [3.8, 4) is 0 Å². The first-order valence-electron chi connectivity index (χ1n) is 8.13. The predicted octanol–water partition coefficient (Wildman–Crippen LogP) is 2.26. The second-order valence-electron chi connectivity index (χ2n) is 6.16. The summed E-state index contributed by atoms with van der Waals surface area (Å²) in [6, 6.07) is 0. The molecule has 1 saturated heterocycles. The fraction of sp³-hybridized carbons (Fsp3) is 0.812. The summed E-state index contributed by atoms with van der Waals surface area (Å²) < 4.78 is 2.38. The minimum atomic E-state index is 0.303. The largest absolute Gasteiger partial charge is 0.334 e. The lowest BCUT2D eigenvalue weighted by molar-refractivity contribution is 0.285. The van der Waals surface area contributed by atoms with Crippen LogP contribution in [0.25, 0.3) is 0 Å². The quantitative estimate of drug-likeness (QED) is 0.830. The number of imidazole rings is 1. The van der Waals surface area contributed by atoms with Gasteiger partial charge >= 0.3 is 0 Å². The second kappa shape index (κ2) is 7.23. The van der Waals surface area contributed by atoms with Crippen LogP contribution in [0.5, 0.6) is 0 Å². The summed E-state index contributed by atoms with van der Waals surface area (Å²) in [5.74, 6) is 0. The lowest BCUT2D eigenvalue weighted by Gasteiger charge is -2.34. The number of nitrogens with one attached hydrogen (secondary N) is 1. The lowest BCUT2D eigenvalue weighted by Crippen LogP contribution is -2.39. The number of hydrogen-bond acceptors (Lipinski definition) is 3. The fourth-order valence-corrected chi connectivity index (χ4v) is 3.24. The third-order valence-electron chi connectivity index (χ3n) is 4.81. The maximum atomic E-state index is 4.41. The number of nitrogens with zero attached hydrogens (tertiary/aromatic N) is 3. The zero-order valence-electron chi connectivity index (χ0n) is 13.4. The monoisotopic (exact) mass is 278 g/mol. The molecular weight excluding hydrogens is 248 g/mol. The molecule has 114 valence electrons. The lowest BCUT2D eigenvalue weighted by atomic mass is 9.78. The summed E-state index contributed by atoms with van der Waals surface area (Å²) in [5.41, 5.74) is 1.73. The molecule has 0 aliphatic carbocycles. The highest BCUT2D eigenvalue weighted by atomic mass is 15.1. The first-order chi connectivity index (χ1) is 9.69. The molecule has 2 rings (SSSR count).